The highest BCUT2D eigenvalue weighted by molar-refractivity contribution is 5.87. The molecule has 0 atom stereocenters. The van der Waals surface area contributed by atoms with E-state index in [-0.39, 0.29) is 12.0 Å². The molecule has 2 N–H and O–H groups in total. The maximum atomic E-state index is 12.2. The minimum Gasteiger partial charge on any atom is -0.494 e. The van der Waals surface area contributed by atoms with Crippen LogP contribution in [0.25, 0.3) is 33.4 Å². The fraction of sp³-hybridized carbons (Fsp3) is 0.125. The number of aromatic amines is 1. The van der Waals surface area contributed by atoms with Crippen molar-refractivity contribution >= 4 is 16.7 Å². The van der Waals surface area contributed by atoms with E-state index in [1.165, 1.54) is 6.07 Å². The third-order valence-corrected chi connectivity index (χ3v) is 4.70. The lowest BCUT2D eigenvalue weighted by Gasteiger charge is -2.09. The average molecular weight is 400 g/mol. The molecule has 0 saturated heterocycles. The number of rotatable bonds is 7. The van der Waals surface area contributed by atoms with Crippen LogP contribution < -0.4 is 10.3 Å². The lowest BCUT2D eigenvalue weighted by molar-refractivity contribution is -0.137. The molecule has 1 heterocycles. The number of nitrogens with zero attached hydrogens (tertiary/aromatic N) is 1. The van der Waals surface area contributed by atoms with Gasteiger partial charge < -0.3 is 14.8 Å². The van der Waals surface area contributed by atoms with Crippen molar-refractivity contribution in [3.8, 4) is 28.4 Å². The van der Waals surface area contributed by atoms with Gasteiger partial charge in [0.15, 0.2) is 0 Å². The summed E-state index contributed by atoms with van der Waals surface area (Å²) < 4.78 is 5.64. The van der Waals surface area contributed by atoms with Crippen LogP contribution in [0.3, 0.4) is 0 Å². The molecule has 30 heavy (non-hydrogen) atoms. The van der Waals surface area contributed by atoms with Gasteiger partial charge in [0.25, 0.3) is 5.56 Å². The van der Waals surface area contributed by atoms with Gasteiger partial charge in [0.05, 0.1) is 12.3 Å². The number of benzene rings is 3. The summed E-state index contributed by atoms with van der Waals surface area (Å²) in [6.07, 6.45) is 0.549. The maximum Gasteiger partial charge on any atom is 0.303 e. The average Bonchev–Trinajstić information content (AvgIpc) is 2.76. The van der Waals surface area contributed by atoms with Crippen LogP contribution in [-0.4, -0.2) is 27.7 Å². The predicted molar refractivity (Wildman–Crippen MR) is 116 cm³/mol. The SMILES string of the molecule is O=C(O)CCCOc1ccc2cc(-c3nc(-c4ccccc4)cc(=O)[nH]3)ccc2c1. The Balaban J connectivity index is 1.59. The molecule has 0 aliphatic heterocycles. The number of hydrogen-bond acceptors (Lipinski definition) is 4. The predicted octanol–water partition coefficient (Wildman–Crippen LogP) is 4.50. The van der Waals surface area contributed by atoms with Crippen LogP contribution in [-0.2, 0) is 4.79 Å². The summed E-state index contributed by atoms with van der Waals surface area (Å²) in [5.74, 6) is 0.378. The van der Waals surface area contributed by atoms with Gasteiger partial charge in [-0.1, -0.05) is 48.5 Å². The number of nitrogens with one attached hydrogen (secondary N) is 1. The van der Waals surface area contributed by atoms with E-state index in [1.54, 1.807) is 0 Å². The number of carboxylic acid groups (broad SMARTS) is 1. The van der Waals surface area contributed by atoms with E-state index in [9.17, 15) is 9.59 Å². The number of carbonyl (C=O) groups is 1. The van der Waals surface area contributed by atoms with Crippen LogP contribution in [0, 0.1) is 0 Å². The molecule has 4 aromatic rings. The molecule has 6 nitrogen and oxygen atoms in total. The number of carboxylic acids is 1. The fourth-order valence-electron chi connectivity index (χ4n) is 3.23. The van der Waals surface area contributed by atoms with E-state index in [1.807, 2.05) is 66.7 Å². The molecule has 0 bridgehead atoms. The van der Waals surface area contributed by atoms with E-state index in [2.05, 4.69) is 9.97 Å². The fourth-order valence-corrected chi connectivity index (χ4v) is 3.23. The Bertz CT molecular complexity index is 1250. The molecule has 0 fully saturated rings. The van der Waals surface area contributed by atoms with Crippen LogP contribution in [0.15, 0.2) is 77.6 Å². The Kier molecular flexibility index (Phi) is 5.57. The molecule has 0 aliphatic rings. The summed E-state index contributed by atoms with van der Waals surface area (Å²) in [5.41, 5.74) is 2.12. The third kappa shape index (κ3) is 4.55. The minimum absolute atomic E-state index is 0.0875. The summed E-state index contributed by atoms with van der Waals surface area (Å²) in [6, 6.07) is 22.6. The molecule has 3 aromatic carbocycles. The first-order valence-corrected chi connectivity index (χ1v) is 9.64. The van der Waals surface area contributed by atoms with Crippen LogP contribution >= 0.6 is 0 Å². The lowest BCUT2D eigenvalue weighted by Crippen LogP contribution is -2.08. The normalized spacial score (nSPS) is 10.8. The number of aromatic nitrogens is 2. The Labute approximate surface area is 172 Å². The molecule has 6 heteroatoms. The number of fused-ring (bicyclic) bond motifs is 1. The summed E-state index contributed by atoms with van der Waals surface area (Å²) >= 11 is 0. The first kappa shape index (κ1) is 19.4. The van der Waals surface area contributed by atoms with E-state index >= 15 is 0 Å². The van der Waals surface area contributed by atoms with Crippen LogP contribution in [0.4, 0.5) is 0 Å². The summed E-state index contributed by atoms with van der Waals surface area (Å²) in [7, 11) is 0. The van der Waals surface area contributed by atoms with Crippen LogP contribution in [0.1, 0.15) is 12.8 Å². The lowest BCUT2D eigenvalue weighted by atomic mass is 10.1. The molecule has 150 valence electrons. The Morgan fingerprint density at radius 2 is 1.70 bits per heavy atom. The Morgan fingerprint density at radius 3 is 2.50 bits per heavy atom. The molecule has 0 saturated carbocycles. The number of H-pyrrole nitrogens is 1. The second-order valence-corrected chi connectivity index (χ2v) is 6.91. The molecule has 1 aromatic heterocycles. The van der Waals surface area contributed by atoms with Crippen molar-refractivity contribution in [1.29, 1.82) is 0 Å². The van der Waals surface area contributed by atoms with Gasteiger partial charge >= 0.3 is 5.97 Å². The zero-order chi connectivity index (χ0) is 20.9. The van der Waals surface area contributed by atoms with Gasteiger partial charge in [-0.2, -0.15) is 0 Å². The molecule has 0 radical (unpaired) electrons. The van der Waals surface area contributed by atoms with Crippen molar-refractivity contribution in [2.24, 2.45) is 0 Å². The van der Waals surface area contributed by atoms with Gasteiger partial charge in [-0.25, -0.2) is 4.98 Å². The van der Waals surface area contributed by atoms with Gasteiger partial charge in [-0.3, -0.25) is 9.59 Å². The van der Waals surface area contributed by atoms with Crippen LogP contribution in [0.2, 0.25) is 0 Å². The zero-order valence-electron chi connectivity index (χ0n) is 16.2. The first-order chi connectivity index (χ1) is 14.6. The maximum absolute atomic E-state index is 12.2. The Hall–Kier alpha value is -3.93. The highest BCUT2D eigenvalue weighted by Crippen LogP contribution is 2.26. The number of ether oxygens (including phenoxy) is 1. The highest BCUT2D eigenvalue weighted by Gasteiger charge is 2.08. The van der Waals surface area contributed by atoms with Crippen molar-refractivity contribution in [3.05, 3.63) is 83.2 Å². The van der Waals surface area contributed by atoms with Crippen molar-refractivity contribution in [2.45, 2.75) is 12.8 Å². The zero-order valence-corrected chi connectivity index (χ0v) is 16.2. The summed E-state index contributed by atoms with van der Waals surface area (Å²) in [4.78, 5) is 30.2. The molecule has 0 amide bonds. The standard InChI is InChI=1S/C24H20N2O4/c27-22-15-21(16-5-2-1-3-6-16)25-24(26-22)19-9-8-18-14-20(11-10-17(18)13-19)30-12-4-7-23(28)29/h1-3,5-6,8-11,13-15H,4,7,12H2,(H,28,29)(H,25,26,27). The van der Waals surface area contributed by atoms with Gasteiger partial charge in [0, 0.05) is 23.6 Å². The second-order valence-electron chi connectivity index (χ2n) is 6.91. The topological polar surface area (TPSA) is 92.3 Å². The molecular weight excluding hydrogens is 380 g/mol. The highest BCUT2D eigenvalue weighted by atomic mass is 16.5. The second kappa shape index (κ2) is 8.61. The largest absolute Gasteiger partial charge is 0.494 e. The van der Waals surface area contributed by atoms with E-state index in [0.717, 1.165) is 21.9 Å². The van der Waals surface area contributed by atoms with Crippen molar-refractivity contribution in [1.82, 2.24) is 9.97 Å². The van der Waals surface area contributed by atoms with Gasteiger partial charge in [0.1, 0.15) is 11.6 Å². The quantitative estimate of drug-likeness (QED) is 0.446. The van der Waals surface area contributed by atoms with Crippen molar-refractivity contribution in [3.63, 3.8) is 0 Å². The van der Waals surface area contributed by atoms with Gasteiger partial charge in [-0.05, 0) is 35.4 Å². The van der Waals surface area contributed by atoms with Gasteiger partial charge in [0.2, 0.25) is 0 Å². The molecule has 0 unspecified atom stereocenters. The van der Waals surface area contributed by atoms with Crippen molar-refractivity contribution in [2.75, 3.05) is 6.61 Å². The Morgan fingerprint density at radius 1 is 0.933 bits per heavy atom. The third-order valence-electron chi connectivity index (χ3n) is 4.70. The minimum atomic E-state index is -0.826. The van der Waals surface area contributed by atoms with Crippen LogP contribution in [0.5, 0.6) is 5.75 Å². The number of hydrogen-bond donors (Lipinski definition) is 2. The first-order valence-electron chi connectivity index (χ1n) is 9.64. The molecule has 4 rings (SSSR count). The van der Waals surface area contributed by atoms with Crippen molar-refractivity contribution < 1.29 is 14.6 Å². The summed E-state index contributed by atoms with van der Waals surface area (Å²) in [6.45, 7) is 0.354. The monoisotopic (exact) mass is 400 g/mol. The van der Waals surface area contributed by atoms with E-state index in [4.69, 9.17) is 9.84 Å². The molecular formula is C24H20N2O4. The van der Waals surface area contributed by atoms with Gasteiger partial charge in [-0.15, -0.1) is 0 Å². The van der Waals surface area contributed by atoms with E-state index in [0.29, 0.717) is 30.3 Å². The molecule has 0 aliphatic carbocycles. The summed E-state index contributed by atoms with van der Waals surface area (Å²) in [5, 5.41) is 10.7. The smallest absolute Gasteiger partial charge is 0.303 e. The molecule has 0 spiro atoms. The number of aliphatic carboxylic acids is 1. The van der Waals surface area contributed by atoms with E-state index < -0.39 is 5.97 Å².